The second-order valence-electron chi connectivity index (χ2n) is 7.92. The minimum atomic E-state index is -0.653. The van der Waals surface area contributed by atoms with Crippen molar-refractivity contribution in [2.75, 3.05) is 0 Å². The standard InChI is InChI=1S/C17H32N2O/c1-5-16(2,3)12-8-10-14(11-9-12)19-15(20)17(4,18)13-6-7-13/h12-14H,5-11,18H2,1-4H3,(H,19,20). The third-order valence-corrected chi connectivity index (χ3v) is 5.99. The van der Waals surface area contributed by atoms with Crippen LogP contribution >= 0.6 is 0 Å². The first-order valence-electron chi connectivity index (χ1n) is 8.37. The molecule has 116 valence electrons. The number of hydrogen-bond acceptors (Lipinski definition) is 2. The van der Waals surface area contributed by atoms with E-state index in [-0.39, 0.29) is 5.91 Å². The second-order valence-corrected chi connectivity index (χ2v) is 7.92. The summed E-state index contributed by atoms with van der Waals surface area (Å²) in [7, 11) is 0. The van der Waals surface area contributed by atoms with E-state index in [4.69, 9.17) is 5.73 Å². The van der Waals surface area contributed by atoms with E-state index in [1.54, 1.807) is 0 Å². The molecule has 0 spiro atoms. The van der Waals surface area contributed by atoms with Crippen LogP contribution in [0.1, 0.15) is 72.6 Å². The number of carbonyl (C=O) groups is 1. The zero-order valence-electron chi connectivity index (χ0n) is 13.7. The largest absolute Gasteiger partial charge is 0.352 e. The zero-order chi connectivity index (χ0) is 15.0. The van der Waals surface area contributed by atoms with Crippen LogP contribution in [0.4, 0.5) is 0 Å². The molecule has 2 fully saturated rings. The molecule has 0 aromatic heterocycles. The fourth-order valence-electron chi connectivity index (χ4n) is 3.52. The molecule has 1 unspecified atom stereocenters. The van der Waals surface area contributed by atoms with Crippen LogP contribution in [0.2, 0.25) is 0 Å². The van der Waals surface area contributed by atoms with Crippen LogP contribution in [0.5, 0.6) is 0 Å². The number of carbonyl (C=O) groups excluding carboxylic acids is 1. The third-order valence-electron chi connectivity index (χ3n) is 5.99. The van der Waals surface area contributed by atoms with Gasteiger partial charge in [0.05, 0.1) is 5.54 Å². The van der Waals surface area contributed by atoms with E-state index in [0.29, 0.717) is 17.4 Å². The predicted octanol–water partition coefficient (Wildman–Crippen LogP) is 3.23. The molecule has 3 heteroatoms. The Morgan fingerprint density at radius 2 is 1.55 bits per heavy atom. The third kappa shape index (κ3) is 3.36. The Balaban J connectivity index is 1.81. The molecule has 0 aliphatic heterocycles. The lowest BCUT2D eigenvalue weighted by molar-refractivity contribution is -0.127. The Hall–Kier alpha value is -0.570. The Bertz CT molecular complexity index is 350. The van der Waals surface area contributed by atoms with Crippen LogP contribution in [0.3, 0.4) is 0 Å². The number of hydrogen-bond donors (Lipinski definition) is 2. The summed E-state index contributed by atoms with van der Waals surface area (Å²) in [5.41, 5.74) is 5.97. The first-order chi connectivity index (χ1) is 9.27. The predicted molar refractivity (Wildman–Crippen MR) is 83.3 cm³/mol. The van der Waals surface area contributed by atoms with E-state index >= 15 is 0 Å². The lowest BCUT2D eigenvalue weighted by Crippen LogP contribution is -2.56. The molecular formula is C17H32N2O. The second kappa shape index (κ2) is 5.67. The highest BCUT2D eigenvalue weighted by molar-refractivity contribution is 5.86. The van der Waals surface area contributed by atoms with Crippen molar-refractivity contribution < 1.29 is 4.79 Å². The molecule has 20 heavy (non-hydrogen) atoms. The molecule has 0 heterocycles. The molecule has 0 bridgehead atoms. The van der Waals surface area contributed by atoms with Gasteiger partial charge >= 0.3 is 0 Å². The number of amides is 1. The van der Waals surface area contributed by atoms with Gasteiger partial charge in [0.25, 0.3) is 0 Å². The van der Waals surface area contributed by atoms with Crippen molar-refractivity contribution in [1.82, 2.24) is 5.32 Å². The molecule has 2 rings (SSSR count). The van der Waals surface area contributed by atoms with Gasteiger partial charge in [0, 0.05) is 6.04 Å². The van der Waals surface area contributed by atoms with Gasteiger partial charge in [-0.05, 0) is 62.7 Å². The molecule has 2 aliphatic carbocycles. The topological polar surface area (TPSA) is 55.1 Å². The highest BCUT2D eigenvalue weighted by Crippen LogP contribution is 2.41. The van der Waals surface area contributed by atoms with Gasteiger partial charge in [-0.25, -0.2) is 0 Å². The highest BCUT2D eigenvalue weighted by Gasteiger charge is 2.44. The summed E-state index contributed by atoms with van der Waals surface area (Å²) in [5.74, 6) is 1.27. The first-order valence-corrected chi connectivity index (χ1v) is 8.37. The van der Waals surface area contributed by atoms with E-state index in [9.17, 15) is 4.79 Å². The molecule has 0 radical (unpaired) electrons. The Labute approximate surface area is 124 Å². The summed E-state index contributed by atoms with van der Waals surface area (Å²) in [4.78, 5) is 12.3. The maximum absolute atomic E-state index is 12.3. The lowest BCUT2D eigenvalue weighted by Gasteiger charge is -2.39. The Kier molecular flexibility index (Phi) is 4.48. The average Bonchev–Trinajstić information content (AvgIpc) is 3.24. The van der Waals surface area contributed by atoms with Crippen LogP contribution in [0.15, 0.2) is 0 Å². The van der Waals surface area contributed by atoms with Crippen LogP contribution in [-0.2, 0) is 4.79 Å². The zero-order valence-corrected chi connectivity index (χ0v) is 13.7. The summed E-state index contributed by atoms with van der Waals surface area (Å²) >= 11 is 0. The minimum absolute atomic E-state index is 0.0678. The molecule has 1 atom stereocenters. The molecule has 0 aromatic rings. The summed E-state index contributed by atoms with van der Waals surface area (Å²) in [6.07, 6.45) is 8.14. The van der Waals surface area contributed by atoms with Crippen molar-refractivity contribution in [3.05, 3.63) is 0 Å². The van der Waals surface area contributed by atoms with E-state index in [2.05, 4.69) is 26.1 Å². The van der Waals surface area contributed by atoms with Crippen LogP contribution in [0, 0.1) is 17.3 Å². The summed E-state index contributed by atoms with van der Waals surface area (Å²) in [6.45, 7) is 8.93. The molecular weight excluding hydrogens is 248 g/mol. The smallest absolute Gasteiger partial charge is 0.240 e. The SMILES string of the molecule is CCC(C)(C)C1CCC(NC(=O)C(C)(N)C2CC2)CC1. The maximum Gasteiger partial charge on any atom is 0.240 e. The highest BCUT2D eigenvalue weighted by atomic mass is 16.2. The Morgan fingerprint density at radius 3 is 2.00 bits per heavy atom. The van der Waals surface area contributed by atoms with Crippen LogP contribution in [-0.4, -0.2) is 17.5 Å². The van der Waals surface area contributed by atoms with E-state index in [1.807, 2.05) is 6.92 Å². The van der Waals surface area contributed by atoms with E-state index in [0.717, 1.165) is 31.6 Å². The van der Waals surface area contributed by atoms with Gasteiger partial charge in [-0.15, -0.1) is 0 Å². The van der Waals surface area contributed by atoms with E-state index in [1.165, 1.54) is 19.3 Å². The quantitative estimate of drug-likeness (QED) is 0.812. The molecule has 2 aliphatic rings. The van der Waals surface area contributed by atoms with Gasteiger partial charge in [0.2, 0.25) is 5.91 Å². The molecule has 1 amide bonds. The first kappa shape index (κ1) is 15.8. The Morgan fingerprint density at radius 1 is 1.05 bits per heavy atom. The monoisotopic (exact) mass is 280 g/mol. The van der Waals surface area contributed by atoms with Crippen molar-refractivity contribution >= 4 is 5.91 Å². The molecule has 3 N–H and O–H groups in total. The summed E-state index contributed by atoms with van der Waals surface area (Å²) < 4.78 is 0. The fraction of sp³-hybridized carbons (Fsp3) is 0.941. The number of rotatable bonds is 5. The fourth-order valence-corrected chi connectivity index (χ4v) is 3.52. The van der Waals surface area contributed by atoms with Crippen molar-refractivity contribution in [3.63, 3.8) is 0 Å². The van der Waals surface area contributed by atoms with Crippen molar-refractivity contribution in [2.24, 2.45) is 23.0 Å². The summed E-state index contributed by atoms with van der Waals surface area (Å²) in [5, 5.41) is 3.21. The molecule has 0 saturated heterocycles. The van der Waals surface area contributed by atoms with Gasteiger partial charge < -0.3 is 11.1 Å². The minimum Gasteiger partial charge on any atom is -0.352 e. The van der Waals surface area contributed by atoms with Gasteiger partial charge in [0.15, 0.2) is 0 Å². The van der Waals surface area contributed by atoms with Crippen molar-refractivity contribution in [3.8, 4) is 0 Å². The van der Waals surface area contributed by atoms with Crippen molar-refractivity contribution in [1.29, 1.82) is 0 Å². The summed E-state index contributed by atoms with van der Waals surface area (Å²) in [6, 6.07) is 0.341. The molecule has 0 aromatic carbocycles. The van der Waals surface area contributed by atoms with Gasteiger partial charge in [-0.1, -0.05) is 27.2 Å². The maximum atomic E-state index is 12.3. The van der Waals surface area contributed by atoms with Crippen LogP contribution < -0.4 is 11.1 Å². The molecule has 3 nitrogen and oxygen atoms in total. The lowest BCUT2D eigenvalue weighted by atomic mass is 9.69. The van der Waals surface area contributed by atoms with Gasteiger partial charge in [-0.2, -0.15) is 0 Å². The van der Waals surface area contributed by atoms with Crippen molar-refractivity contribution in [2.45, 2.75) is 84.2 Å². The number of nitrogens with one attached hydrogen (secondary N) is 1. The molecule has 2 saturated carbocycles. The normalized spacial score (nSPS) is 30.6. The number of nitrogens with two attached hydrogens (primary N) is 1. The van der Waals surface area contributed by atoms with Crippen LogP contribution in [0.25, 0.3) is 0 Å². The van der Waals surface area contributed by atoms with Gasteiger partial charge in [0.1, 0.15) is 0 Å². The van der Waals surface area contributed by atoms with E-state index < -0.39 is 5.54 Å². The van der Waals surface area contributed by atoms with Gasteiger partial charge in [-0.3, -0.25) is 4.79 Å². The average molecular weight is 280 g/mol.